The fourth-order valence-corrected chi connectivity index (χ4v) is 2.91. The number of hydrogen-bond acceptors (Lipinski definition) is 3. The Labute approximate surface area is 160 Å². The van der Waals surface area contributed by atoms with Gasteiger partial charge in [-0.1, -0.05) is 37.6 Å². The average molecular weight is 362 g/mol. The van der Waals surface area contributed by atoms with Gasteiger partial charge in [0.2, 0.25) is 0 Å². The molecule has 1 unspecified atom stereocenters. The quantitative estimate of drug-likeness (QED) is 0.695. The molecule has 0 saturated heterocycles. The first-order valence-corrected chi connectivity index (χ1v) is 9.25. The van der Waals surface area contributed by atoms with Crippen LogP contribution in [0.25, 0.3) is 22.2 Å². The number of hydrogen-bond donors (Lipinski definition) is 1. The summed E-state index contributed by atoms with van der Waals surface area (Å²) in [5.41, 5.74) is 4.23. The van der Waals surface area contributed by atoms with E-state index in [0.29, 0.717) is 11.5 Å². The van der Waals surface area contributed by atoms with Crippen molar-refractivity contribution in [2.45, 2.75) is 33.7 Å². The van der Waals surface area contributed by atoms with Gasteiger partial charge in [0.05, 0.1) is 23.9 Å². The monoisotopic (exact) mass is 362 g/mol. The van der Waals surface area contributed by atoms with Crippen molar-refractivity contribution in [3.63, 3.8) is 0 Å². The normalized spacial score (nSPS) is 12.2. The average Bonchev–Trinajstić information content (AvgIpc) is 2.66. The van der Waals surface area contributed by atoms with Crippen LogP contribution < -0.4 is 10.1 Å². The number of benzene rings is 2. The van der Waals surface area contributed by atoms with Crippen molar-refractivity contribution in [1.82, 2.24) is 10.3 Å². The number of aromatic nitrogens is 1. The number of aryl methyl sites for hydroxylation is 1. The zero-order valence-corrected chi connectivity index (χ0v) is 16.5. The second-order valence-electron chi connectivity index (χ2n) is 7.31. The second kappa shape index (κ2) is 7.78. The predicted octanol–water partition coefficient (Wildman–Crippen LogP) is 4.99. The lowest BCUT2D eigenvalue weighted by Crippen LogP contribution is -2.36. The summed E-state index contributed by atoms with van der Waals surface area (Å²) in [6, 6.07) is 15.7. The summed E-state index contributed by atoms with van der Waals surface area (Å²) in [6.07, 6.45) is 0. The number of pyridine rings is 1. The van der Waals surface area contributed by atoms with Crippen LogP contribution in [0.4, 0.5) is 0 Å². The molecule has 0 aliphatic heterocycles. The lowest BCUT2D eigenvalue weighted by molar-refractivity contribution is 0.0932. The highest BCUT2D eigenvalue weighted by Gasteiger charge is 2.17. The van der Waals surface area contributed by atoms with E-state index in [1.165, 1.54) is 0 Å². The molecule has 0 bridgehead atoms. The minimum Gasteiger partial charge on any atom is -0.497 e. The van der Waals surface area contributed by atoms with Gasteiger partial charge < -0.3 is 10.1 Å². The molecular formula is C23H26N2O2. The largest absolute Gasteiger partial charge is 0.497 e. The van der Waals surface area contributed by atoms with Crippen molar-refractivity contribution in [1.29, 1.82) is 0 Å². The van der Waals surface area contributed by atoms with Gasteiger partial charge >= 0.3 is 0 Å². The van der Waals surface area contributed by atoms with E-state index in [-0.39, 0.29) is 11.9 Å². The Kier molecular flexibility index (Phi) is 5.45. The number of rotatable bonds is 5. The van der Waals surface area contributed by atoms with E-state index < -0.39 is 0 Å². The minimum atomic E-state index is -0.0710. The van der Waals surface area contributed by atoms with E-state index in [0.717, 1.165) is 33.5 Å². The molecule has 0 fully saturated rings. The van der Waals surface area contributed by atoms with Crippen molar-refractivity contribution in [2.75, 3.05) is 7.11 Å². The highest BCUT2D eigenvalue weighted by molar-refractivity contribution is 6.07. The fourth-order valence-electron chi connectivity index (χ4n) is 2.91. The molecule has 1 aromatic heterocycles. The second-order valence-corrected chi connectivity index (χ2v) is 7.31. The third-order valence-electron chi connectivity index (χ3n) is 4.93. The van der Waals surface area contributed by atoms with Crippen LogP contribution in [0.3, 0.4) is 0 Å². The van der Waals surface area contributed by atoms with Crippen molar-refractivity contribution in [3.8, 4) is 17.0 Å². The van der Waals surface area contributed by atoms with Gasteiger partial charge in [0.15, 0.2) is 0 Å². The molecule has 1 amide bonds. The van der Waals surface area contributed by atoms with Gasteiger partial charge in [0, 0.05) is 17.0 Å². The van der Waals surface area contributed by atoms with Crippen molar-refractivity contribution in [3.05, 3.63) is 59.7 Å². The lowest BCUT2D eigenvalue weighted by atomic mass is 10.0. The summed E-state index contributed by atoms with van der Waals surface area (Å²) in [5, 5.41) is 3.99. The highest BCUT2D eigenvalue weighted by Crippen LogP contribution is 2.28. The Morgan fingerprint density at radius 3 is 2.56 bits per heavy atom. The molecule has 0 aliphatic carbocycles. The smallest absolute Gasteiger partial charge is 0.252 e. The number of ether oxygens (including phenoxy) is 1. The first kappa shape index (κ1) is 18.9. The molecule has 0 radical (unpaired) electrons. The first-order valence-electron chi connectivity index (χ1n) is 9.25. The SMILES string of the molecule is COc1cccc(-c2cc(C(=O)NC(C)C(C)C)c3cc(C)ccc3n2)c1. The van der Waals surface area contributed by atoms with Gasteiger partial charge in [0.25, 0.3) is 5.91 Å². The van der Waals surface area contributed by atoms with Crippen molar-refractivity contribution < 1.29 is 9.53 Å². The number of amides is 1. The fraction of sp³-hybridized carbons (Fsp3) is 0.304. The third-order valence-corrected chi connectivity index (χ3v) is 4.93. The summed E-state index contributed by atoms with van der Waals surface area (Å²) < 4.78 is 5.33. The molecule has 4 heteroatoms. The van der Waals surface area contributed by atoms with E-state index in [2.05, 4.69) is 19.2 Å². The number of nitrogens with one attached hydrogen (secondary N) is 1. The molecule has 27 heavy (non-hydrogen) atoms. The maximum absolute atomic E-state index is 13.0. The van der Waals surface area contributed by atoms with Gasteiger partial charge in [-0.2, -0.15) is 0 Å². The number of carbonyl (C=O) groups excluding carboxylic acids is 1. The summed E-state index contributed by atoms with van der Waals surface area (Å²) in [4.78, 5) is 17.8. The molecular weight excluding hydrogens is 336 g/mol. The van der Waals surface area contributed by atoms with Gasteiger partial charge in [-0.3, -0.25) is 4.79 Å². The summed E-state index contributed by atoms with van der Waals surface area (Å²) in [7, 11) is 1.64. The van der Waals surface area contributed by atoms with E-state index in [1.54, 1.807) is 7.11 Å². The van der Waals surface area contributed by atoms with Crippen LogP contribution in [-0.4, -0.2) is 24.0 Å². The van der Waals surface area contributed by atoms with E-state index in [9.17, 15) is 4.79 Å². The van der Waals surface area contributed by atoms with Crippen molar-refractivity contribution in [2.24, 2.45) is 5.92 Å². The van der Waals surface area contributed by atoms with Crippen LogP contribution >= 0.6 is 0 Å². The van der Waals surface area contributed by atoms with Crippen LogP contribution in [0.1, 0.15) is 36.7 Å². The van der Waals surface area contributed by atoms with Gasteiger partial charge in [-0.05, 0) is 50.1 Å². The molecule has 0 saturated carbocycles. The van der Waals surface area contributed by atoms with Crippen LogP contribution in [0, 0.1) is 12.8 Å². The summed E-state index contributed by atoms with van der Waals surface area (Å²) in [6.45, 7) is 8.25. The van der Waals surface area contributed by atoms with Crippen LogP contribution in [0.5, 0.6) is 5.75 Å². The molecule has 1 heterocycles. The van der Waals surface area contributed by atoms with Gasteiger partial charge in [0.1, 0.15) is 5.75 Å². The zero-order chi connectivity index (χ0) is 19.6. The number of carbonyl (C=O) groups is 1. The molecule has 1 atom stereocenters. The Hall–Kier alpha value is -2.88. The maximum Gasteiger partial charge on any atom is 0.252 e. The van der Waals surface area contributed by atoms with Crippen LogP contribution in [0.15, 0.2) is 48.5 Å². The van der Waals surface area contributed by atoms with Gasteiger partial charge in [-0.25, -0.2) is 4.98 Å². The zero-order valence-electron chi connectivity index (χ0n) is 16.5. The standard InChI is InChI=1S/C23H26N2O2/c1-14(2)16(4)24-23(26)20-13-22(17-7-6-8-18(12-17)27-5)25-21-10-9-15(3)11-19(20)21/h6-14,16H,1-5H3,(H,24,26). The van der Waals surface area contributed by atoms with Crippen LogP contribution in [-0.2, 0) is 0 Å². The minimum absolute atomic E-state index is 0.0710. The lowest BCUT2D eigenvalue weighted by Gasteiger charge is -2.18. The Bertz CT molecular complexity index is 979. The molecule has 3 rings (SSSR count). The van der Waals surface area contributed by atoms with E-state index in [1.807, 2.05) is 62.4 Å². The maximum atomic E-state index is 13.0. The van der Waals surface area contributed by atoms with Gasteiger partial charge in [-0.15, -0.1) is 0 Å². The van der Waals surface area contributed by atoms with Crippen molar-refractivity contribution >= 4 is 16.8 Å². The Morgan fingerprint density at radius 2 is 1.85 bits per heavy atom. The Balaban J connectivity index is 2.14. The topological polar surface area (TPSA) is 51.2 Å². The van der Waals surface area contributed by atoms with E-state index in [4.69, 9.17) is 9.72 Å². The molecule has 0 aliphatic rings. The third kappa shape index (κ3) is 4.11. The van der Waals surface area contributed by atoms with E-state index >= 15 is 0 Å². The Morgan fingerprint density at radius 1 is 1.07 bits per heavy atom. The molecule has 2 aromatic carbocycles. The first-order chi connectivity index (χ1) is 12.9. The number of nitrogens with zero attached hydrogens (tertiary/aromatic N) is 1. The number of methoxy groups -OCH3 is 1. The van der Waals surface area contributed by atoms with Crippen LogP contribution in [0.2, 0.25) is 0 Å². The summed E-state index contributed by atoms with van der Waals surface area (Å²) in [5.74, 6) is 1.05. The number of fused-ring (bicyclic) bond motifs is 1. The summed E-state index contributed by atoms with van der Waals surface area (Å²) >= 11 is 0. The highest BCUT2D eigenvalue weighted by atomic mass is 16.5. The molecule has 140 valence electrons. The predicted molar refractivity (Wildman–Crippen MR) is 110 cm³/mol. The molecule has 3 aromatic rings. The molecule has 1 N–H and O–H groups in total. The molecule has 0 spiro atoms. The molecule has 4 nitrogen and oxygen atoms in total.